The van der Waals surface area contributed by atoms with Gasteiger partial charge < -0.3 is 15.0 Å². The minimum atomic E-state index is 0.755. The highest BCUT2D eigenvalue weighted by molar-refractivity contribution is 5.78. The van der Waals surface area contributed by atoms with Crippen LogP contribution >= 0.6 is 0 Å². The van der Waals surface area contributed by atoms with Crippen molar-refractivity contribution in [2.75, 3.05) is 12.4 Å². The molecule has 0 aliphatic heterocycles. The summed E-state index contributed by atoms with van der Waals surface area (Å²) in [5.41, 5.74) is 4.24. The van der Waals surface area contributed by atoms with Crippen molar-refractivity contribution in [1.82, 2.24) is 24.3 Å². The van der Waals surface area contributed by atoms with Crippen LogP contribution in [0, 0.1) is 6.92 Å². The molecule has 0 radical (unpaired) electrons. The molecule has 0 bridgehead atoms. The Balaban J connectivity index is 1.84. The van der Waals surface area contributed by atoms with Crippen molar-refractivity contribution in [1.29, 1.82) is 0 Å². The maximum Gasteiger partial charge on any atom is 0.157 e. The highest BCUT2D eigenvalue weighted by Crippen LogP contribution is 2.31. The maximum atomic E-state index is 5.21. The van der Waals surface area contributed by atoms with E-state index in [1.807, 2.05) is 41.8 Å². The van der Waals surface area contributed by atoms with Crippen molar-refractivity contribution >= 4 is 17.2 Å². The molecule has 3 aromatic heterocycles. The van der Waals surface area contributed by atoms with E-state index in [-0.39, 0.29) is 0 Å². The predicted molar refractivity (Wildman–Crippen MR) is 91.6 cm³/mol. The highest BCUT2D eigenvalue weighted by Gasteiger charge is 2.17. The standard InChI is InChI=1S/C17H16N6O/c1-11-15(20-10-19-11)16-17(23-8-7-18-9-14(23)22-16)21-12-3-5-13(24-2)6-4-12/h3-10,21H,1-2H3,(H,19,20). The molecule has 3 heterocycles. The summed E-state index contributed by atoms with van der Waals surface area (Å²) >= 11 is 0. The molecule has 4 rings (SSSR count). The zero-order valence-electron chi connectivity index (χ0n) is 13.3. The van der Waals surface area contributed by atoms with E-state index < -0.39 is 0 Å². The van der Waals surface area contributed by atoms with Gasteiger partial charge in [-0.25, -0.2) is 9.97 Å². The second kappa shape index (κ2) is 5.69. The summed E-state index contributed by atoms with van der Waals surface area (Å²) in [4.78, 5) is 16.3. The third-order valence-corrected chi connectivity index (χ3v) is 3.84. The van der Waals surface area contributed by atoms with Gasteiger partial charge in [0.25, 0.3) is 0 Å². The maximum absolute atomic E-state index is 5.21. The molecule has 7 heteroatoms. The number of imidazole rings is 2. The largest absolute Gasteiger partial charge is 0.497 e. The van der Waals surface area contributed by atoms with Crippen molar-refractivity contribution in [2.24, 2.45) is 0 Å². The molecule has 24 heavy (non-hydrogen) atoms. The monoisotopic (exact) mass is 320 g/mol. The Morgan fingerprint density at radius 1 is 1.17 bits per heavy atom. The van der Waals surface area contributed by atoms with Crippen molar-refractivity contribution in [3.05, 3.63) is 54.9 Å². The van der Waals surface area contributed by atoms with E-state index in [0.717, 1.165) is 40.0 Å². The number of aromatic amines is 1. The van der Waals surface area contributed by atoms with Gasteiger partial charge in [-0.3, -0.25) is 9.38 Å². The first kappa shape index (κ1) is 14.3. The van der Waals surface area contributed by atoms with E-state index in [2.05, 4.69) is 25.3 Å². The number of aryl methyl sites for hydroxylation is 1. The number of fused-ring (bicyclic) bond motifs is 1. The van der Waals surface area contributed by atoms with Gasteiger partial charge in [0.05, 0.1) is 19.6 Å². The highest BCUT2D eigenvalue weighted by atomic mass is 16.5. The summed E-state index contributed by atoms with van der Waals surface area (Å²) in [6.45, 7) is 1.97. The van der Waals surface area contributed by atoms with Gasteiger partial charge in [0, 0.05) is 23.8 Å². The molecule has 0 saturated carbocycles. The molecule has 0 aliphatic carbocycles. The number of nitrogens with one attached hydrogen (secondary N) is 2. The number of aromatic nitrogens is 5. The van der Waals surface area contributed by atoms with Gasteiger partial charge in [-0.1, -0.05) is 0 Å². The molecule has 1 aromatic carbocycles. The lowest BCUT2D eigenvalue weighted by molar-refractivity contribution is 0.415. The van der Waals surface area contributed by atoms with Crippen molar-refractivity contribution in [3.8, 4) is 17.1 Å². The van der Waals surface area contributed by atoms with Gasteiger partial charge >= 0.3 is 0 Å². The van der Waals surface area contributed by atoms with Gasteiger partial charge in [-0.2, -0.15) is 0 Å². The smallest absolute Gasteiger partial charge is 0.157 e. The Morgan fingerprint density at radius 3 is 2.71 bits per heavy atom. The molecule has 0 unspecified atom stereocenters. The second-order valence-electron chi connectivity index (χ2n) is 5.34. The van der Waals surface area contributed by atoms with E-state index in [1.54, 1.807) is 25.8 Å². The van der Waals surface area contributed by atoms with Crippen LogP contribution in [0.5, 0.6) is 5.75 Å². The summed E-state index contributed by atoms with van der Waals surface area (Å²) in [5, 5.41) is 3.43. The fourth-order valence-corrected chi connectivity index (χ4v) is 2.60. The molecular formula is C17H16N6O. The summed E-state index contributed by atoms with van der Waals surface area (Å²) in [5.74, 6) is 1.65. The minimum Gasteiger partial charge on any atom is -0.497 e. The van der Waals surface area contributed by atoms with Crippen LogP contribution in [0.1, 0.15) is 5.69 Å². The SMILES string of the molecule is COc1ccc(Nc2c(-c3nc[nH]c3C)nc3cnccn23)cc1. The van der Waals surface area contributed by atoms with Crippen LogP contribution in [-0.2, 0) is 0 Å². The third-order valence-electron chi connectivity index (χ3n) is 3.84. The average molecular weight is 320 g/mol. The third kappa shape index (κ3) is 2.36. The number of ether oxygens (including phenoxy) is 1. The van der Waals surface area contributed by atoms with Gasteiger partial charge in [0.1, 0.15) is 23.0 Å². The zero-order chi connectivity index (χ0) is 16.5. The molecule has 4 aromatic rings. The van der Waals surface area contributed by atoms with E-state index in [9.17, 15) is 0 Å². The number of benzene rings is 1. The van der Waals surface area contributed by atoms with Crippen LogP contribution in [0.3, 0.4) is 0 Å². The molecule has 0 saturated heterocycles. The zero-order valence-corrected chi connectivity index (χ0v) is 13.3. The van der Waals surface area contributed by atoms with Crippen molar-refractivity contribution < 1.29 is 4.74 Å². The summed E-state index contributed by atoms with van der Waals surface area (Å²) in [6, 6.07) is 7.74. The molecule has 0 aliphatic rings. The summed E-state index contributed by atoms with van der Waals surface area (Å²) in [6.07, 6.45) is 7.00. The second-order valence-corrected chi connectivity index (χ2v) is 5.34. The lowest BCUT2D eigenvalue weighted by Crippen LogP contribution is -1.97. The minimum absolute atomic E-state index is 0.755. The lowest BCUT2D eigenvalue weighted by atomic mass is 10.2. The lowest BCUT2D eigenvalue weighted by Gasteiger charge is -2.09. The van der Waals surface area contributed by atoms with Crippen LogP contribution in [0.2, 0.25) is 0 Å². The van der Waals surface area contributed by atoms with Crippen LogP contribution in [-0.4, -0.2) is 31.4 Å². The first-order chi connectivity index (χ1) is 11.8. The van der Waals surface area contributed by atoms with Crippen LogP contribution < -0.4 is 10.1 Å². The normalized spacial score (nSPS) is 10.9. The molecule has 7 nitrogen and oxygen atoms in total. The Bertz CT molecular complexity index is 986. The summed E-state index contributed by atoms with van der Waals surface area (Å²) < 4.78 is 7.16. The van der Waals surface area contributed by atoms with E-state index in [4.69, 9.17) is 4.74 Å². The number of rotatable bonds is 4. The number of anilines is 2. The molecule has 0 spiro atoms. The summed E-state index contributed by atoms with van der Waals surface area (Å²) in [7, 11) is 1.65. The predicted octanol–water partition coefficient (Wildman–Crippen LogP) is 3.18. The van der Waals surface area contributed by atoms with Crippen LogP contribution in [0.25, 0.3) is 17.0 Å². The van der Waals surface area contributed by atoms with Gasteiger partial charge in [0.15, 0.2) is 5.65 Å². The Labute approximate surface area is 138 Å². The molecule has 120 valence electrons. The number of H-pyrrole nitrogens is 1. The molecule has 0 fully saturated rings. The van der Waals surface area contributed by atoms with E-state index in [1.165, 1.54) is 0 Å². The van der Waals surface area contributed by atoms with E-state index in [0.29, 0.717) is 0 Å². The molecule has 0 atom stereocenters. The van der Waals surface area contributed by atoms with Crippen molar-refractivity contribution in [2.45, 2.75) is 6.92 Å². The number of nitrogens with zero attached hydrogens (tertiary/aromatic N) is 4. The van der Waals surface area contributed by atoms with Gasteiger partial charge in [-0.05, 0) is 31.2 Å². The number of methoxy groups -OCH3 is 1. The number of hydrogen-bond donors (Lipinski definition) is 2. The first-order valence-electron chi connectivity index (χ1n) is 7.50. The molecular weight excluding hydrogens is 304 g/mol. The fraction of sp³-hybridized carbons (Fsp3) is 0.118. The Kier molecular flexibility index (Phi) is 3.38. The first-order valence-corrected chi connectivity index (χ1v) is 7.50. The quantitative estimate of drug-likeness (QED) is 0.603. The van der Waals surface area contributed by atoms with Gasteiger partial charge in [0.2, 0.25) is 0 Å². The molecule has 2 N–H and O–H groups in total. The Hall–Kier alpha value is -3.35. The average Bonchev–Trinajstić information content (AvgIpc) is 3.19. The number of hydrogen-bond acceptors (Lipinski definition) is 5. The van der Waals surface area contributed by atoms with Crippen molar-refractivity contribution in [3.63, 3.8) is 0 Å². The Morgan fingerprint density at radius 2 is 2.00 bits per heavy atom. The fourth-order valence-electron chi connectivity index (χ4n) is 2.60. The van der Waals surface area contributed by atoms with E-state index >= 15 is 0 Å². The van der Waals surface area contributed by atoms with Crippen LogP contribution in [0.4, 0.5) is 11.5 Å². The van der Waals surface area contributed by atoms with Gasteiger partial charge in [-0.15, -0.1) is 0 Å². The molecule has 0 amide bonds. The topological polar surface area (TPSA) is 80.1 Å². The van der Waals surface area contributed by atoms with Crippen LogP contribution in [0.15, 0.2) is 49.2 Å².